The standard InChI is InChI=1S/C15H20N2O5S2/c1-2-17(12-7-8-23(19,20)10-12)24(21,22)13-4-5-14-11(9-13)3-6-15(18)16-14/h4-5,9,12H,2-3,6-8,10H2,1H3,(H,16,18)/t12-/m0/s1. The van der Waals surface area contributed by atoms with Crippen molar-refractivity contribution in [2.75, 3.05) is 23.4 Å². The van der Waals surface area contributed by atoms with Crippen LogP contribution in [0.3, 0.4) is 0 Å². The van der Waals surface area contributed by atoms with Crippen LogP contribution in [0, 0.1) is 0 Å². The molecule has 132 valence electrons. The number of carbonyl (C=O) groups excluding carboxylic acids is 1. The topological polar surface area (TPSA) is 101 Å². The highest BCUT2D eigenvalue weighted by molar-refractivity contribution is 7.92. The van der Waals surface area contributed by atoms with E-state index >= 15 is 0 Å². The summed E-state index contributed by atoms with van der Waals surface area (Å²) in [6.45, 7) is 1.93. The Labute approximate surface area is 142 Å². The molecule has 2 heterocycles. The van der Waals surface area contributed by atoms with Gasteiger partial charge in [0, 0.05) is 24.7 Å². The molecule has 9 heteroatoms. The summed E-state index contributed by atoms with van der Waals surface area (Å²) < 4.78 is 50.6. The minimum atomic E-state index is -3.78. The molecule has 1 saturated heterocycles. The molecule has 0 aromatic heterocycles. The van der Waals surface area contributed by atoms with Crippen molar-refractivity contribution < 1.29 is 21.6 Å². The molecule has 7 nitrogen and oxygen atoms in total. The van der Waals surface area contributed by atoms with Crippen LogP contribution in [-0.2, 0) is 31.1 Å². The average Bonchev–Trinajstić information content (AvgIpc) is 2.86. The second kappa shape index (κ2) is 6.12. The fourth-order valence-electron chi connectivity index (χ4n) is 3.28. The predicted molar refractivity (Wildman–Crippen MR) is 90.0 cm³/mol. The number of sulfonamides is 1. The van der Waals surface area contributed by atoms with Gasteiger partial charge in [0.1, 0.15) is 0 Å². The average molecular weight is 372 g/mol. The number of rotatable bonds is 4. The number of nitrogens with zero attached hydrogens (tertiary/aromatic N) is 1. The number of carbonyl (C=O) groups is 1. The summed E-state index contributed by atoms with van der Waals surface area (Å²) in [6, 6.07) is 4.13. The summed E-state index contributed by atoms with van der Waals surface area (Å²) >= 11 is 0. The number of fused-ring (bicyclic) bond motifs is 1. The van der Waals surface area contributed by atoms with Crippen molar-refractivity contribution in [2.24, 2.45) is 0 Å². The third kappa shape index (κ3) is 3.20. The third-order valence-electron chi connectivity index (χ3n) is 4.51. The van der Waals surface area contributed by atoms with E-state index in [1.54, 1.807) is 19.1 Å². The predicted octanol–water partition coefficient (Wildman–Crippen LogP) is 0.769. The zero-order valence-corrected chi connectivity index (χ0v) is 15.0. The number of nitrogens with one attached hydrogen (secondary N) is 1. The number of aryl methyl sites for hydroxylation is 1. The highest BCUT2D eigenvalue weighted by atomic mass is 32.2. The second-order valence-electron chi connectivity index (χ2n) is 6.13. The van der Waals surface area contributed by atoms with Gasteiger partial charge in [0.25, 0.3) is 0 Å². The van der Waals surface area contributed by atoms with Crippen LogP contribution in [-0.4, -0.2) is 51.1 Å². The Balaban J connectivity index is 1.93. The van der Waals surface area contributed by atoms with Gasteiger partial charge < -0.3 is 5.32 Å². The van der Waals surface area contributed by atoms with Gasteiger partial charge in [-0.1, -0.05) is 6.92 Å². The first-order chi connectivity index (χ1) is 11.2. The van der Waals surface area contributed by atoms with E-state index in [4.69, 9.17) is 0 Å². The quantitative estimate of drug-likeness (QED) is 0.841. The number of amides is 1. The van der Waals surface area contributed by atoms with Crippen LogP contribution in [0.15, 0.2) is 23.1 Å². The van der Waals surface area contributed by atoms with Gasteiger partial charge in [0.15, 0.2) is 9.84 Å². The van der Waals surface area contributed by atoms with Crippen molar-refractivity contribution in [2.45, 2.75) is 37.1 Å². The zero-order chi connectivity index (χ0) is 17.5. The Morgan fingerprint density at radius 3 is 2.67 bits per heavy atom. The van der Waals surface area contributed by atoms with Gasteiger partial charge in [-0.2, -0.15) is 4.31 Å². The van der Waals surface area contributed by atoms with Crippen molar-refractivity contribution >= 4 is 31.5 Å². The molecule has 1 aromatic rings. The van der Waals surface area contributed by atoms with E-state index in [1.807, 2.05) is 0 Å². The largest absolute Gasteiger partial charge is 0.326 e. The summed E-state index contributed by atoms with van der Waals surface area (Å²) in [4.78, 5) is 11.5. The lowest BCUT2D eigenvalue weighted by Gasteiger charge is -2.26. The van der Waals surface area contributed by atoms with Crippen LogP contribution in [0.25, 0.3) is 0 Å². The summed E-state index contributed by atoms with van der Waals surface area (Å²) in [5.74, 6) is -0.175. The summed E-state index contributed by atoms with van der Waals surface area (Å²) in [5, 5.41) is 2.72. The molecule has 0 unspecified atom stereocenters. The number of hydrogen-bond acceptors (Lipinski definition) is 5. The van der Waals surface area contributed by atoms with Crippen LogP contribution in [0.4, 0.5) is 5.69 Å². The summed E-state index contributed by atoms with van der Waals surface area (Å²) in [6.07, 6.45) is 1.15. The molecule has 1 amide bonds. The molecular weight excluding hydrogens is 352 g/mol. The molecular formula is C15H20N2O5S2. The molecule has 3 rings (SSSR count). The Bertz CT molecular complexity index is 877. The number of benzene rings is 1. The molecule has 24 heavy (non-hydrogen) atoms. The van der Waals surface area contributed by atoms with Gasteiger partial charge in [0.05, 0.1) is 16.4 Å². The lowest BCUT2D eigenvalue weighted by atomic mass is 10.0. The minimum absolute atomic E-state index is 0.0277. The monoisotopic (exact) mass is 372 g/mol. The van der Waals surface area contributed by atoms with Crippen LogP contribution >= 0.6 is 0 Å². The lowest BCUT2D eigenvalue weighted by Crippen LogP contribution is -2.40. The Hall–Kier alpha value is -1.45. The number of sulfone groups is 1. The van der Waals surface area contributed by atoms with E-state index in [1.165, 1.54) is 10.4 Å². The third-order valence-corrected chi connectivity index (χ3v) is 8.28. The van der Waals surface area contributed by atoms with E-state index in [-0.39, 0.29) is 28.9 Å². The molecule has 0 saturated carbocycles. The summed E-state index contributed by atoms with van der Waals surface area (Å²) in [7, 11) is -6.94. The van der Waals surface area contributed by atoms with Gasteiger partial charge in [-0.3, -0.25) is 4.79 Å². The van der Waals surface area contributed by atoms with Gasteiger partial charge in [-0.05, 0) is 36.6 Å². The maximum Gasteiger partial charge on any atom is 0.243 e. The van der Waals surface area contributed by atoms with Crippen molar-refractivity contribution in [3.05, 3.63) is 23.8 Å². The van der Waals surface area contributed by atoms with Crippen LogP contribution in [0.2, 0.25) is 0 Å². The molecule has 2 aliphatic heterocycles. The van der Waals surface area contributed by atoms with E-state index in [0.29, 0.717) is 24.9 Å². The molecule has 0 spiro atoms. The second-order valence-corrected chi connectivity index (χ2v) is 10.3. The van der Waals surface area contributed by atoms with Crippen LogP contribution in [0.5, 0.6) is 0 Å². The first-order valence-corrected chi connectivity index (χ1v) is 11.1. The Morgan fingerprint density at radius 2 is 2.04 bits per heavy atom. The van der Waals surface area contributed by atoms with E-state index in [9.17, 15) is 21.6 Å². The maximum absolute atomic E-state index is 13.0. The molecule has 1 N–H and O–H groups in total. The molecule has 1 atom stereocenters. The molecule has 2 aliphatic rings. The fourth-order valence-corrected chi connectivity index (χ4v) is 6.82. The molecule has 0 bridgehead atoms. The van der Waals surface area contributed by atoms with Crippen LogP contribution < -0.4 is 5.32 Å². The smallest absolute Gasteiger partial charge is 0.243 e. The minimum Gasteiger partial charge on any atom is -0.326 e. The van der Waals surface area contributed by atoms with Crippen molar-refractivity contribution in [3.8, 4) is 0 Å². The van der Waals surface area contributed by atoms with E-state index in [2.05, 4.69) is 5.32 Å². The Morgan fingerprint density at radius 1 is 1.29 bits per heavy atom. The van der Waals surface area contributed by atoms with Crippen LogP contribution in [0.1, 0.15) is 25.3 Å². The van der Waals surface area contributed by atoms with E-state index in [0.717, 1.165) is 5.56 Å². The first kappa shape index (κ1) is 17.4. The number of anilines is 1. The number of hydrogen-bond donors (Lipinski definition) is 1. The SMILES string of the molecule is CCN([C@H]1CCS(=O)(=O)C1)S(=O)(=O)c1ccc2c(c1)CCC(=O)N2. The molecule has 1 aromatic carbocycles. The zero-order valence-electron chi connectivity index (χ0n) is 13.4. The fraction of sp³-hybridized carbons (Fsp3) is 0.533. The van der Waals surface area contributed by atoms with Gasteiger partial charge in [-0.25, -0.2) is 16.8 Å². The normalized spacial score (nSPS) is 23.1. The van der Waals surface area contributed by atoms with Gasteiger partial charge >= 0.3 is 0 Å². The summed E-state index contributed by atoms with van der Waals surface area (Å²) in [5.41, 5.74) is 1.42. The van der Waals surface area contributed by atoms with E-state index < -0.39 is 25.9 Å². The van der Waals surface area contributed by atoms with Crippen molar-refractivity contribution in [1.82, 2.24) is 4.31 Å². The highest BCUT2D eigenvalue weighted by Gasteiger charge is 2.38. The van der Waals surface area contributed by atoms with Gasteiger partial charge in [0.2, 0.25) is 15.9 Å². The van der Waals surface area contributed by atoms with Crippen molar-refractivity contribution in [3.63, 3.8) is 0 Å². The molecule has 1 fully saturated rings. The highest BCUT2D eigenvalue weighted by Crippen LogP contribution is 2.29. The first-order valence-electron chi connectivity index (χ1n) is 7.88. The maximum atomic E-state index is 13.0. The lowest BCUT2D eigenvalue weighted by molar-refractivity contribution is -0.116. The molecule has 0 aliphatic carbocycles. The molecule has 0 radical (unpaired) electrons. The Kier molecular flexibility index (Phi) is 4.43. The van der Waals surface area contributed by atoms with Gasteiger partial charge in [-0.15, -0.1) is 0 Å². The van der Waals surface area contributed by atoms with Crippen molar-refractivity contribution in [1.29, 1.82) is 0 Å².